The van der Waals surface area contributed by atoms with Gasteiger partial charge >= 0.3 is 0 Å². The summed E-state index contributed by atoms with van der Waals surface area (Å²) in [5, 5.41) is 9.90. The Balaban J connectivity index is 1.62. The molecule has 0 aliphatic carbocycles. The van der Waals surface area contributed by atoms with E-state index in [1.165, 1.54) is 18.2 Å². The highest BCUT2D eigenvalue weighted by atomic mass is 19.1. The second-order valence-corrected chi connectivity index (χ2v) is 7.47. The van der Waals surface area contributed by atoms with Gasteiger partial charge in [0.2, 0.25) is 11.8 Å². The summed E-state index contributed by atoms with van der Waals surface area (Å²) in [6.07, 6.45) is 4.76. The molecule has 1 aromatic heterocycles. The van der Waals surface area contributed by atoms with Crippen molar-refractivity contribution in [3.63, 3.8) is 0 Å². The fourth-order valence-electron chi connectivity index (χ4n) is 2.99. The van der Waals surface area contributed by atoms with E-state index < -0.39 is 0 Å². The lowest BCUT2D eigenvalue weighted by Crippen LogP contribution is -2.27. The van der Waals surface area contributed by atoms with Gasteiger partial charge in [0.25, 0.3) is 0 Å². The van der Waals surface area contributed by atoms with Gasteiger partial charge in [0, 0.05) is 42.4 Å². The molecule has 7 heteroatoms. The maximum atomic E-state index is 13.2. The lowest BCUT2D eigenvalue weighted by molar-refractivity contribution is -0.124. The van der Waals surface area contributed by atoms with Crippen LogP contribution in [0.3, 0.4) is 0 Å². The average molecular weight is 420 g/mol. The number of nitrogens with one attached hydrogen (secondary N) is 2. The molecule has 6 nitrogen and oxygen atoms in total. The summed E-state index contributed by atoms with van der Waals surface area (Å²) in [6, 6.07) is 13.4. The Morgan fingerprint density at radius 2 is 1.77 bits per heavy atom. The van der Waals surface area contributed by atoms with Crippen LogP contribution < -0.4 is 10.6 Å². The first kappa shape index (κ1) is 22.0. The number of rotatable bonds is 7. The standard InChI is InChI=1S/C24H25FN4O2/c1-16(2)24(31)26-14-17-4-11-21(12-5-17)28-22(30)13-8-19-15-27-29(3)23(19)18-6-9-20(25)10-7-18/h4-13,15-16H,14H2,1-3H3,(H,26,31)(H,28,30)/b13-8+. The molecular weight excluding hydrogens is 395 g/mol. The van der Waals surface area contributed by atoms with Crippen molar-refractivity contribution in [2.24, 2.45) is 13.0 Å². The van der Waals surface area contributed by atoms with Gasteiger partial charge < -0.3 is 10.6 Å². The first-order chi connectivity index (χ1) is 14.8. The van der Waals surface area contributed by atoms with E-state index in [4.69, 9.17) is 0 Å². The molecule has 3 rings (SSSR count). The van der Waals surface area contributed by atoms with Gasteiger partial charge in [-0.3, -0.25) is 14.3 Å². The van der Waals surface area contributed by atoms with E-state index in [0.29, 0.717) is 12.2 Å². The first-order valence-corrected chi connectivity index (χ1v) is 9.97. The second kappa shape index (κ2) is 9.84. The topological polar surface area (TPSA) is 76.0 Å². The summed E-state index contributed by atoms with van der Waals surface area (Å²) >= 11 is 0. The number of carbonyl (C=O) groups excluding carboxylic acids is 2. The molecule has 160 valence electrons. The molecule has 3 aromatic rings. The first-order valence-electron chi connectivity index (χ1n) is 9.97. The molecule has 2 N–H and O–H groups in total. The molecule has 0 saturated heterocycles. The van der Waals surface area contributed by atoms with Crippen LogP contribution in [0.4, 0.5) is 10.1 Å². The predicted octanol–water partition coefficient (Wildman–Crippen LogP) is 4.15. The Kier molecular flexibility index (Phi) is 6.97. The average Bonchev–Trinajstić information content (AvgIpc) is 3.12. The summed E-state index contributed by atoms with van der Waals surface area (Å²) in [5.74, 6) is -0.655. The smallest absolute Gasteiger partial charge is 0.248 e. The number of hydrogen-bond acceptors (Lipinski definition) is 3. The maximum absolute atomic E-state index is 13.2. The van der Waals surface area contributed by atoms with Gasteiger partial charge in [-0.2, -0.15) is 5.10 Å². The normalized spacial score (nSPS) is 11.1. The fourth-order valence-corrected chi connectivity index (χ4v) is 2.99. The predicted molar refractivity (Wildman–Crippen MR) is 119 cm³/mol. The molecule has 0 fully saturated rings. The number of halogens is 1. The molecule has 0 radical (unpaired) electrons. The summed E-state index contributed by atoms with van der Waals surface area (Å²) < 4.78 is 14.9. The number of nitrogens with zero attached hydrogens (tertiary/aromatic N) is 2. The Morgan fingerprint density at radius 3 is 2.42 bits per heavy atom. The fraction of sp³-hybridized carbons (Fsp3) is 0.208. The van der Waals surface area contributed by atoms with E-state index in [9.17, 15) is 14.0 Å². The van der Waals surface area contributed by atoms with Gasteiger partial charge in [-0.05, 0) is 48.0 Å². The monoisotopic (exact) mass is 420 g/mol. The van der Waals surface area contributed by atoms with Gasteiger partial charge in [-0.15, -0.1) is 0 Å². The van der Waals surface area contributed by atoms with Crippen LogP contribution in [0.1, 0.15) is 25.0 Å². The zero-order valence-corrected chi connectivity index (χ0v) is 17.7. The Labute approximate surface area is 180 Å². The van der Waals surface area contributed by atoms with Gasteiger partial charge in [-0.25, -0.2) is 4.39 Å². The molecule has 31 heavy (non-hydrogen) atoms. The third-order valence-electron chi connectivity index (χ3n) is 4.71. The molecule has 0 aliphatic heterocycles. The van der Waals surface area contributed by atoms with Crippen molar-refractivity contribution in [2.75, 3.05) is 5.32 Å². The minimum Gasteiger partial charge on any atom is -0.352 e. The van der Waals surface area contributed by atoms with Crippen molar-refractivity contribution >= 4 is 23.6 Å². The van der Waals surface area contributed by atoms with Gasteiger partial charge in [0.15, 0.2) is 0 Å². The van der Waals surface area contributed by atoms with Crippen LogP contribution in [0.5, 0.6) is 0 Å². The van der Waals surface area contributed by atoms with Gasteiger partial charge in [0.05, 0.1) is 11.9 Å². The lowest BCUT2D eigenvalue weighted by Gasteiger charge is -2.08. The molecule has 0 unspecified atom stereocenters. The molecule has 1 heterocycles. The zero-order valence-electron chi connectivity index (χ0n) is 17.7. The van der Waals surface area contributed by atoms with E-state index in [2.05, 4.69) is 15.7 Å². The maximum Gasteiger partial charge on any atom is 0.248 e. The van der Waals surface area contributed by atoms with E-state index >= 15 is 0 Å². The van der Waals surface area contributed by atoms with Crippen LogP contribution in [-0.2, 0) is 23.2 Å². The molecule has 2 amide bonds. The Morgan fingerprint density at radius 1 is 1.10 bits per heavy atom. The highest BCUT2D eigenvalue weighted by molar-refractivity contribution is 6.02. The summed E-state index contributed by atoms with van der Waals surface area (Å²) in [7, 11) is 1.79. The van der Waals surface area contributed by atoms with Crippen molar-refractivity contribution in [3.05, 3.63) is 77.7 Å². The number of aryl methyl sites for hydroxylation is 1. The van der Waals surface area contributed by atoms with E-state index in [1.807, 2.05) is 26.0 Å². The summed E-state index contributed by atoms with van der Waals surface area (Å²) in [5.41, 5.74) is 3.94. The lowest BCUT2D eigenvalue weighted by atomic mass is 10.1. The van der Waals surface area contributed by atoms with Crippen LogP contribution in [-0.4, -0.2) is 21.6 Å². The van der Waals surface area contributed by atoms with Gasteiger partial charge in [-0.1, -0.05) is 26.0 Å². The van der Waals surface area contributed by atoms with Crippen molar-refractivity contribution in [1.29, 1.82) is 0 Å². The van der Waals surface area contributed by atoms with Crippen molar-refractivity contribution in [2.45, 2.75) is 20.4 Å². The van der Waals surface area contributed by atoms with Crippen LogP contribution in [0.15, 0.2) is 60.8 Å². The third-order valence-corrected chi connectivity index (χ3v) is 4.71. The molecular formula is C24H25FN4O2. The van der Waals surface area contributed by atoms with Crippen LogP contribution in [0.2, 0.25) is 0 Å². The molecule has 2 aromatic carbocycles. The van der Waals surface area contributed by atoms with Crippen molar-refractivity contribution in [1.82, 2.24) is 15.1 Å². The third kappa shape index (κ3) is 5.88. The highest BCUT2D eigenvalue weighted by Gasteiger charge is 2.10. The van der Waals surface area contributed by atoms with Crippen molar-refractivity contribution < 1.29 is 14.0 Å². The number of benzene rings is 2. The molecule has 0 spiro atoms. The number of carbonyl (C=O) groups is 2. The van der Waals surface area contributed by atoms with Crippen molar-refractivity contribution in [3.8, 4) is 11.3 Å². The van der Waals surface area contributed by atoms with Gasteiger partial charge in [0.1, 0.15) is 5.82 Å². The molecule has 0 aliphatic rings. The number of anilines is 1. The zero-order chi connectivity index (χ0) is 22.4. The Bertz CT molecular complexity index is 1080. The summed E-state index contributed by atoms with van der Waals surface area (Å²) in [6.45, 7) is 4.13. The second-order valence-electron chi connectivity index (χ2n) is 7.47. The SMILES string of the molecule is CC(C)C(=O)NCc1ccc(NC(=O)/C=C/c2cnn(C)c2-c2ccc(F)cc2)cc1. The number of hydrogen-bond donors (Lipinski definition) is 2. The van der Waals surface area contributed by atoms with E-state index in [-0.39, 0.29) is 23.5 Å². The Hall–Kier alpha value is -3.74. The molecule has 0 saturated carbocycles. The molecule has 0 bridgehead atoms. The summed E-state index contributed by atoms with van der Waals surface area (Å²) in [4.78, 5) is 24.0. The van der Waals surface area contributed by atoms with E-state index in [1.54, 1.807) is 48.3 Å². The van der Waals surface area contributed by atoms with Crippen LogP contribution >= 0.6 is 0 Å². The minimum atomic E-state index is -0.310. The van der Waals surface area contributed by atoms with Crippen LogP contribution in [0, 0.1) is 11.7 Å². The highest BCUT2D eigenvalue weighted by Crippen LogP contribution is 2.24. The van der Waals surface area contributed by atoms with E-state index in [0.717, 1.165) is 22.4 Å². The molecule has 0 atom stereocenters. The number of amides is 2. The largest absolute Gasteiger partial charge is 0.352 e. The minimum absolute atomic E-state index is 0.00192. The van der Waals surface area contributed by atoms with Crippen LogP contribution in [0.25, 0.3) is 17.3 Å². The number of aromatic nitrogens is 2. The quantitative estimate of drug-likeness (QED) is 0.564.